The Hall–Kier alpha value is -0.0700. The molecule has 2 atom stereocenters. The van der Waals surface area contributed by atoms with E-state index in [1.165, 1.54) is 0 Å². The Labute approximate surface area is 79.6 Å². The quantitative estimate of drug-likeness (QED) is 0.337. The molecule has 0 aromatic heterocycles. The molecule has 0 aliphatic rings. The van der Waals surface area contributed by atoms with Gasteiger partial charge in [-0.2, -0.15) is 14.7 Å². The van der Waals surface area contributed by atoms with Gasteiger partial charge in [0.05, 0.1) is 0 Å². The first-order valence-electron chi connectivity index (χ1n) is 3.33. The molecule has 0 aromatic rings. The van der Waals surface area contributed by atoms with E-state index in [1.807, 2.05) is 0 Å². The summed E-state index contributed by atoms with van der Waals surface area (Å²) >= 11 is 0. The van der Waals surface area contributed by atoms with Crippen LogP contribution in [0.3, 0.4) is 0 Å². The third kappa shape index (κ3) is 3.59. The SMILES string of the molecule is CC(C(C(=O)O)[P+](O)(O)O)P(=O)(O)O. The minimum Gasteiger partial charge on any atom is -0.478 e. The number of aliphatic carboxylic acids is 1. The molecule has 0 aromatic carbocycles. The van der Waals surface area contributed by atoms with E-state index in [4.69, 9.17) is 29.6 Å². The van der Waals surface area contributed by atoms with E-state index >= 15 is 0 Å². The van der Waals surface area contributed by atoms with Gasteiger partial charge in [-0.05, 0) is 6.92 Å². The fraction of sp³-hybridized carbons (Fsp3) is 0.750. The van der Waals surface area contributed by atoms with E-state index in [0.29, 0.717) is 0 Å². The van der Waals surface area contributed by atoms with Crippen LogP contribution in [0.1, 0.15) is 6.92 Å². The zero-order chi connectivity index (χ0) is 11.7. The molecule has 0 saturated heterocycles. The van der Waals surface area contributed by atoms with Gasteiger partial charge in [-0.1, -0.05) is 0 Å². The van der Waals surface area contributed by atoms with E-state index in [9.17, 15) is 9.36 Å². The van der Waals surface area contributed by atoms with Gasteiger partial charge in [0.2, 0.25) is 0 Å². The first kappa shape index (κ1) is 13.9. The number of carboxylic acid groups (broad SMARTS) is 1. The Morgan fingerprint density at radius 2 is 1.64 bits per heavy atom. The van der Waals surface area contributed by atoms with Crippen LogP contribution in [0.25, 0.3) is 0 Å². The summed E-state index contributed by atoms with van der Waals surface area (Å²) in [6.45, 7) is 0.816. The smallest absolute Gasteiger partial charge is 0.419 e. The minimum atomic E-state index is -4.83. The molecule has 2 unspecified atom stereocenters. The molecule has 84 valence electrons. The molecule has 0 amide bonds. The molecule has 8 nitrogen and oxygen atoms in total. The summed E-state index contributed by atoms with van der Waals surface area (Å²) in [4.78, 5) is 53.7. The molecule has 0 aliphatic heterocycles. The molecular formula is C4H11O8P2+. The zero-order valence-electron chi connectivity index (χ0n) is 7.05. The fourth-order valence-electron chi connectivity index (χ4n) is 0.828. The largest absolute Gasteiger partial charge is 0.478 e. The summed E-state index contributed by atoms with van der Waals surface area (Å²) in [5.41, 5.74) is -4.14. The average Bonchev–Trinajstić information content (AvgIpc) is 1.79. The summed E-state index contributed by atoms with van der Waals surface area (Å²) in [5.74, 6) is -1.87. The van der Waals surface area contributed by atoms with Crippen molar-refractivity contribution in [3.05, 3.63) is 0 Å². The summed E-state index contributed by atoms with van der Waals surface area (Å²) in [6, 6.07) is 0. The van der Waals surface area contributed by atoms with E-state index in [2.05, 4.69) is 0 Å². The van der Waals surface area contributed by atoms with Gasteiger partial charge < -0.3 is 14.9 Å². The van der Waals surface area contributed by atoms with Crippen molar-refractivity contribution in [3.8, 4) is 0 Å². The lowest BCUT2D eigenvalue weighted by Gasteiger charge is -2.20. The standard InChI is InChI=1S/C4H10O8P2/c1-2(13(7,8)9)3(4(5)6)14(10,11)12/h2-3,10-12H,1H3,(H2-,5,6,7,8,9)/p+1. The molecular weight excluding hydrogens is 238 g/mol. The van der Waals surface area contributed by atoms with Crippen molar-refractivity contribution in [3.63, 3.8) is 0 Å². The normalized spacial score (nSPS) is 17.6. The minimum absolute atomic E-state index is 0.816. The molecule has 0 heterocycles. The Morgan fingerprint density at radius 3 is 1.71 bits per heavy atom. The van der Waals surface area contributed by atoms with Crippen molar-refractivity contribution in [1.82, 2.24) is 0 Å². The lowest BCUT2D eigenvalue weighted by atomic mass is 10.3. The highest BCUT2D eigenvalue weighted by molar-refractivity contribution is 7.62. The van der Waals surface area contributed by atoms with Gasteiger partial charge in [0.15, 0.2) is 0 Å². The van der Waals surface area contributed by atoms with Crippen LogP contribution in [-0.4, -0.2) is 46.9 Å². The summed E-state index contributed by atoms with van der Waals surface area (Å²) in [6.07, 6.45) is 0. The summed E-state index contributed by atoms with van der Waals surface area (Å²) < 4.78 is 10.6. The van der Waals surface area contributed by atoms with Crippen LogP contribution in [0, 0.1) is 0 Å². The maximum absolute atomic E-state index is 10.6. The molecule has 0 aliphatic carbocycles. The average molecular weight is 249 g/mol. The van der Waals surface area contributed by atoms with Gasteiger partial charge in [0.1, 0.15) is 5.66 Å². The van der Waals surface area contributed by atoms with Gasteiger partial charge in [-0.15, -0.1) is 0 Å². The molecule has 14 heavy (non-hydrogen) atoms. The van der Waals surface area contributed by atoms with Gasteiger partial charge >= 0.3 is 21.5 Å². The van der Waals surface area contributed by atoms with Gasteiger partial charge in [-0.3, -0.25) is 4.57 Å². The first-order valence-corrected chi connectivity index (χ1v) is 6.72. The summed E-state index contributed by atoms with van der Waals surface area (Å²) in [7, 11) is -9.62. The number of hydrogen-bond acceptors (Lipinski definition) is 5. The number of rotatable bonds is 4. The monoisotopic (exact) mass is 249 g/mol. The van der Waals surface area contributed by atoms with E-state index < -0.39 is 32.8 Å². The molecule has 0 saturated carbocycles. The van der Waals surface area contributed by atoms with Crippen molar-refractivity contribution in [2.75, 3.05) is 0 Å². The van der Waals surface area contributed by atoms with Crippen molar-refractivity contribution >= 4 is 21.5 Å². The lowest BCUT2D eigenvalue weighted by Crippen LogP contribution is -2.34. The summed E-state index contributed by atoms with van der Waals surface area (Å²) in [5, 5.41) is 8.45. The van der Waals surface area contributed by atoms with E-state index in [0.717, 1.165) is 6.92 Å². The van der Waals surface area contributed by atoms with Crippen molar-refractivity contribution < 1.29 is 38.9 Å². The molecule has 0 rings (SSSR count). The van der Waals surface area contributed by atoms with E-state index in [1.54, 1.807) is 0 Å². The van der Waals surface area contributed by atoms with Crippen molar-refractivity contribution in [2.45, 2.75) is 18.2 Å². The zero-order valence-corrected chi connectivity index (χ0v) is 8.84. The molecule has 6 N–H and O–H groups in total. The van der Waals surface area contributed by atoms with E-state index in [-0.39, 0.29) is 0 Å². The van der Waals surface area contributed by atoms with Gasteiger partial charge in [-0.25, -0.2) is 4.79 Å². The Balaban J connectivity index is 5.06. The van der Waals surface area contributed by atoms with Crippen LogP contribution in [0.2, 0.25) is 0 Å². The topological polar surface area (TPSA) is 156 Å². The van der Waals surface area contributed by atoms with Crippen molar-refractivity contribution in [2.24, 2.45) is 0 Å². The second-order valence-corrected chi connectivity index (χ2v) is 6.51. The Kier molecular flexibility index (Phi) is 4.18. The highest BCUT2D eigenvalue weighted by atomic mass is 31.2. The molecule has 0 spiro atoms. The number of carbonyl (C=O) groups is 1. The third-order valence-electron chi connectivity index (χ3n) is 1.61. The Morgan fingerprint density at radius 1 is 1.29 bits per heavy atom. The molecule has 0 radical (unpaired) electrons. The molecule has 0 fully saturated rings. The van der Waals surface area contributed by atoms with Gasteiger partial charge in [0.25, 0.3) is 5.66 Å². The predicted octanol–water partition coefficient (Wildman–Crippen LogP) is -1.25. The molecule has 10 heteroatoms. The van der Waals surface area contributed by atoms with Crippen LogP contribution in [0.15, 0.2) is 0 Å². The second-order valence-electron chi connectivity index (χ2n) is 2.73. The van der Waals surface area contributed by atoms with Crippen LogP contribution in [-0.2, 0) is 9.36 Å². The Bertz CT molecular complexity index is 263. The van der Waals surface area contributed by atoms with Crippen LogP contribution < -0.4 is 0 Å². The van der Waals surface area contributed by atoms with Crippen molar-refractivity contribution in [1.29, 1.82) is 0 Å². The van der Waals surface area contributed by atoms with Crippen LogP contribution in [0.4, 0.5) is 0 Å². The van der Waals surface area contributed by atoms with Crippen LogP contribution >= 0.6 is 15.5 Å². The second kappa shape index (κ2) is 4.20. The maximum Gasteiger partial charge on any atom is 0.419 e. The maximum atomic E-state index is 10.6. The third-order valence-corrected chi connectivity index (χ3v) is 4.62. The number of carboxylic acids is 1. The van der Waals surface area contributed by atoms with Gasteiger partial charge in [0, 0.05) is 0 Å². The fourth-order valence-corrected chi connectivity index (χ4v) is 3.26. The predicted molar refractivity (Wildman–Crippen MR) is 46.5 cm³/mol. The first-order chi connectivity index (χ1) is 5.98. The molecule has 0 bridgehead atoms. The van der Waals surface area contributed by atoms with Crippen LogP contribution in [0.5, 0.6) is 0 Å². The lowest BCUT2D eigenvalue weighted by molar-refractivity contribution is -0.137. The number of hydrogen-bond donors (Lipinski definition) is 6. The highest BCUT2D eigenvalue weighted by Crippen LogP contribution is 2.58. The highest BCUT2D eigenvalue weighted by Gasteiger charge is 2.56.